The van der Waals surface area contributed by atoms with E-state index < -0.39 is 12.5 Å². The second-order valence-corrected chi connectivity index (χ2v) is 6.04. The Balaban J connectivity index is 2.15. The van der Waals surface area contributed by atoms with E-state index in [0.717, 1.165) is 27.0 Å². The lowest BCUT2D eigenvalue weighted by atomic mass is 10.1. The van der Waals surface area contributed by atoms with Gasteiger partial charge in [-0.1, -0.05) is 29.8 Å². The Kier molecular flexibility index (Phi) is 3.97. The third-order valence-corrected chi connectivity index (χ3v) is 4.31. The van der Waals surface area contributed by atoms with Gasteiger partial charge in [-0.15, -0.1) is 0 Å². The van der Waals surface area contributed by atoms with Crippen LogP contribution in [0.25, 0.3) is 10.8 Å². The number of benzene rings is 1. The largest absolute Gasteiger partial charge is 0.480 e. The number of aliphatic carboxylic acids is 1. The first-order valence-electron chi connectivity index (χ1n) is 7.71. The Hall–Kier alpha value is -2.89. The molecule has 0 aliphatic rings. The quantitative estimate of drug-likeness (QED) is 0.798. The number of carboxylic acids is 1. The van der Waals surface area contributed by atoms with Crippen LogP contribution < -0.4 is 5.56 Å². The second-order valence-electron chi connectivity index (χ2n) is 6.04. The van der Waals surface area contributed by atoms with Crippen LogP contribution in [-0.2, 0) is 17.9 Å². The van der Waals surface area contributed by atoms with Crippen LogP contribution in [0.5, 0.6) is 0 Å². The summed E-state index contributed by atoms with van der Waals surface area (Å²) in [5.74, 6) is -1.09. The molecule has 0 spiro atoms. The van der Waals surface area contributed by atoms with Crippen LogP contribution in [0.4, 0.5) is 0 Å². The highest BCUT2D eigenvalue weighted by Gasteiger charge is 2.17. The van der Waals surface area contributed by atoms with E-state index in [1.807, 2.05) is 32.9 Å². The molecule has 2 aromatic heterocycles. The van der Waals surface area contributed by atoms with Crippen molar-refractivity contribution in [2.45, 2.75) is 33.9 Å². The minimum atomic E-state index is -1.09. The molecule has 2 heterocycles. The van der Waals surface area contributed by atoms with E-state index in [2.05, 4.69) is 21.8 Å². The fraction of sp³-hybridized carbons (Fsp3) is 0.278. The topological polar surface area (TPSA) is 77.1 Å². The maximum absolute atomic E-state index is 12.6. The van der Waals surface area contributed by atoms with Crippen LogP contribution in [0.3, 0.4) is 0 Å². The molecule has 3 rings (SSSR count). The van der Waals surface area contributed by atoms with Crippen molar-refractivity contribution >= 4 is 16.7 Å². The smallest absolute Gasteiger partial charge is 0.325 e. The van der Waals surface area contributed by atoms with Crippen LogP contribution in [-0.4, -0.2) is 25.4 Å². The van der Waals surface area contributed by atoms with Gasteiger partial charge in [0.25, 0.3) is 5.56 Å². The molecule has 0 amide bonds. The molecule has 0 bridgehead atoms. The molecular formula is C18H19N3O3. The zero-order chi connectivity index (χ0) is 17.4. The van der Waals surface area contributed by atoms with E-state index >= 15 is 0 Å². The molecule has 0 atom stereocenters. The standard InChI is InChI=1S/C18H19N3O3/c1-11-5-4-6-14(7-11)9-20-12(2)15-8-19-21(10-16(22)23)18(24)17(15)13(20)3/h4-8H,9-10H2,1-3H3,(H,22,23). The summed E-state index contributed by atoms with van der Waals surface area (Å²) in [6.07, 6.45) is 1.58. The van der Waals surface area contributed by atoms with Crippen molar-refractivity contribution in [3.05, 3.63) is 63.3 Å². The SMILES string of the molecule is Cc1cccc(Cn2c(C)c3cnn(CC(=O)O)c(=O)c3c2C)c1. The summed E-state index contributed by atoms with van der Waals surface area (Å²) in [4.78, 5) is 23.5. The number of rotatable bonds is 4. The predicted molar refractivity (Wildman–Crippen MR) is 91.4 cm³/mol. The molecule has 0 aliphatic carbocycles. The zero-order valence-corrected chi connectivity index (χ0v) is 13.9. The fourth-order valence-corrected chi connectivity index (χ4v) is 3.12. The van der Waals surface area contributed by atoms with Gasteiger partial charge in [-0.2, -0.15) is 5.10 Å². The van der Waals surface area contributed by atoms with Crippen molar-refractivity contribution in [2.24, 2.45) is 0 Å². The highest BCUT2D eigenvalue weighted by atomic mass is 16.4. The first-order chi connectivity index (χ1) is 11.4. The molecule has 6 heteroatoms. The zero-order valence-electron chi connectivity index (χ0n) is 13.9. The monoisotopic (exact) mass is 325 g/mol. The highest BCUT2D eigenvalue weighted by Crippen LogP contribution is 2.23. The first kappa shape index (κ1) is 16.0. The van der Waals surface area contributed by atoms with Gasteiger partial charge in [-0.3, -0.25) is 9.59 Å². The molecule has 1 aromatic carbocycles. The van der Waals surface area contributed by atoms with Crippen LogP contribution in [0, 0.1) is 20.8 Å². The number of aromatic nitrogens is 3. The minimum Gasteiger partial charge on any atom is -0.480 e. The molecule has 0 unspecified atom stereocenters. The Labute approximate surface area is 139 Å². The maximum Gasteiger partial charge on any atom is 0.325 e. The Bertz CT molecular complexity index is 999. The summed E-state index contributed by atoms with van der Waals surface area (Å²) >= 11 is 0. The third kappa shape index (κ3) is 2.71. The number of hydrogen-bond donors (Lipinski definition) is 1. The normalized spacial score (nSPS) is 11.1. The Morgan fingerprint density at radius 2 is 1.96 bits per heavy atom. The Morgan fingerprint density at radius 3 is 2.62 bits per heavy atom. The molecule has 1 N–H and O–H groups in total. The van der Waals surface area contributed by atoms with Crippen molar-refractivity contribution in [1.29, 1.82) is 0 Å². The number of hydrogen-bond acceptors (Lipinski definition) is 3. The summed E-state index contributed by atoms with van der Waals surface area (Å²) in [6, 6.07) is 8.23. The molecule has 0 fully saturated rings. The van der Waals surface area contributed by atoms with Gasteiger partial charge in [-0.05, 0) is 26.3 Å². The number of nitrogens with zero attached hydrogens (tertiary/aromatic N) is 3. The van der Waals surface area contributed by atoms with Crippen molar-refractivity contribution in [3.63, 3.8) is 0 Å². The van der Waals surface area contributed by atoms with E-state index in [-0.39, 0.29) is 5.56 Å². The van der Waals surface area contributed by atoms with Gasteiger partial charge >= 0.3 is 5.97 Å². The van der Waals surface area contributed by atoms with E-state index in [1.54, 1.807) is 6.20 Å². The molecule has 0 radical (unpaired) electrons. The molecule has 0 saturated heterocycles. The molecule has 3 aromatic rings. The van der Waals surface area contributed by atoms with Gasteiger partial charge in [-0.25, -0.2) is 4.68 Å². The fourth-order valence-electron chi connectivity index (χ4n) is 3.12. The van der Waals surface area contributed by atoms with Crippen molar-refractivity contribution < 1.29 is 9.90 Å². The molecule has 124 valence electrons. The van der Waals surface area contributed by atoms with Crippen LogP contribution in [0.15, 0.2) is 35.3 Å². The van der Waals surface area contributed by atoms with Gasteiger partial charge in [0.05, 0.1) is 11.6 Å². The van der Waals surface area contributed by atoms with Crippen LogP contribution in [0.2, 0.25) is 0 Å². The van der Waals surface area contributed by atoms with E-state index in [4.69, 9.17) is 5.11 Å². The van der Waals surface area contributed by atoms with Crippen molar-refractivity contribution in [1.82, 2.24) is 14.3 Å². The van der Waals surface area contributed by atoms with E-state index in [1.165, 1.54) is 5.56 Å². The molecule has 24 heavy (non-hydrogen) atoms. The van der Waals surface area contributed by atoms with Gasteiger partial charge in [0, 0.05) is 23.3 Å². The summed E-state index contributed by atoms with van der Waals surface area (Å²) in [5.41, 5.74) is 3.76. The number of fused-ring (bicyclic) bond motifs is 1. The summed E-state index contributed by atoms with van der Waals surface area (Å²) in [6.45, 7) is 6.11. The Morgan fingerprint density at radius 1 is 1.21 bits per heavy atom. The summed E-state index contributed by atoms with van der Waals surface area (Å²) in [7, 11) is 0. The summed E-state index contributed by atoms with van der Waals surface area (Å²) in [5, 5.41) is 14.2. The van der Waals surface area contributed by atoms with Gasteiger partial charge < -0.3 is 9.67 Å². The molecule has 0 saturated carbocycles. The predicted octanol–water partition coefficient (Wildman–Crippen LogP) is 2.26. The van der Waals surface area contributed by atoms with Gasteiger partial charge in [0.1, 0.15) is 6.54 Å². The number of carbonyl (C=O) groups is 1. The number of carboxylic acid groups (broad SMARTS) is 1. The lowest BCUT2D eigenvalue weighted by molar-refractivity contribution is -0.137. The van der Waals surface area contributed by atoms with E-state index in [0.29, 0.717) is 11.9 Å². The average Bonchev–Trinajstić information content (AvgIpc) is 2.75. The van der Waals surface area contributed by atoms with Crippen LogP contribution >= 0.6 is 0 Å². The summed E-state index contributed by atoms with van der Waals surface area (Å²) < 4.78 is 3.07. The van der Waals surface area contributed by atoms with Crippen molar-refractivity contribution in [3.8, 4) is 0 Å². The highest BCUT2D eigenvalue weighted by molar-refractivity contribution is 5.87. The minimum absolute atomic E-state index is 0.363. The lowest BCUT2D eigenvalue weighted by Gasteiger charge is -2.10. The molecule has 0 aliphatic heterocycles. The number of aryl methyl sites for hydroxylation is 3. The lowest BCUT2D eigenvalue weighted by Crippen LogP contribution is -2.26. The molecular weight excluding hydrogens is 306 g/mol. The van der Waals surface area contributed by atoms with Crippen LogP contribution in [0.1, 0.15) is 22.5 Å². The first-order valence-corrected chi connectivity index (χ1v) is 7.71. The third-order valence-electron chi connectivity index (χ3n) is 4.31. The molecule has 6 nitrogen and oxygen atoms in total. The van der Waals surface area contributed by atoms with Crippen molar-refractivity contribution in [2.75, 3.05) is 0 Å². The van der Waals surface area contributed by atoms with Gasteiger partial charge in [0.15, 0.2) is 0 Å². The average molecular weight is 325 g/mol. The van der Waals surface area contributed by atoms with E-state index in [9.17, 15) is 9.59 Å². The maximum atomic E-state index is 12.6. The van der Waals surface area contributed by atoms with Gasteiger partial charge in [0.2, 0.25) is 0 Å². The second kappa shape index (κ2) is 5.96.